The van der Waals surface area contributed by atoms with Crippen LogP contribution in [-0.4, -0.2) is 30.6 Å². The van der Waals surface area contributed by atoms with Gasteiger partial charge in [0.05, 0.1) is 17.0 Å². The zero-order valence-corrected chi connectivity index (χ0v) is 18.9. The molecule has 1 heterocycles. The minimum absolute atomic E-state index is 0.0321. The van der Waals surface area contributed by atoms with Crippen LogP contribution in [0.1, 0.15) is 17.5 Å². The minimum atomic E-state index is -4.05. The number of halogens is 1. The van der Waals surface area contributed by atoms with E-state index in [1.165, 1.54) is 12.1 Å². The van der Waals surface area contributed by atoms with E-state index < -0.39 is 27.9 Å². The molecule has 0 bridgehead atoms. The van der Waals surface area contributed by atoms with Crippen LogP contribution in [0.25, 0.3) is 0 Å². The third-order valence-electron chi connectivity index (χ3n) is 5.36. The molecule has 32 heavy (non-hydrogen) atoms. The Morgan fingerprint density at radius 3 is 2.19 bits per heavy atom. The second kappa shape index (κ2) is 8.86. The zero-order chi connectivity index (χ0) is 22.9. The van der Waals surface area contributed by atoms with Crippen molar-refractivity contribution in [2.75, 3.05) is 4.90 Å². The number of hydrogen-bond acceptors (Lipinski definition) is 4. The van der Waals surface area contributed by atoms with Gasteiger partial charge in [0.15, 0.2) is 0 Å². The van der Waals surface area contributed by atoms with Gasteiger partial charge in [0.25, 0.3) is 5.91 Å². The number of sulfonamides is 1. The molecule has 4 rings (SSSR count). The summed E-state index contributed by atoms with van der Waals surface area (Å²) >= 11 is 5.92. The van der Waals surface area contributed by atoms with Crippen molar-refractivity contribution in [1.29, 1.82) is 0 Å². The van der Waals surface area contributed by atoms with Crippen molar-refractivity contribution < 1.29 is 18.0 Å². The van der Waals surface area contributed by atoms with Crippen LogP contribution in [0.5, 0.6) is 0 Å². The van der Waals surface area contributed by atoms with E-state index in [4.69, 9.17) is 11.6 Å². The van der Waals surface area contributed by atoms with Crippen LogP contribution in [0.3, 0.4) is 0 Å². The molecule has 0 spiro atoms. The molecule has 3 aromatic rings. The van der Waals surface area contributed by atoms with E-state index in [9.17, 15) is 18.0 Å². The summed E-state index contributed by atoms with van der Waals surface area (Å²) < 4.78 is 28.2. The number of hydrogen-bond donors (Lipinski definition) is 0. The van der Waals surface area contributed by atoms with Crippen LogP contribution in [-0.2, 0) is 26.2 Å². The van der Waals surface area contributed by atoms with Gasteiger partial charge in [-0.25, -0.2) is 13.3 Å². The largest absolute Gasteiger partial charge is 0.274 e. The lowest BCUT2D eigenvalue weighted by Crippen LogP contribution is -2.45. The van der Waals surface area contributed by atoms with Crippen molar-refractivity contribution in [1.82, 2.24) is 4.31 Å². The van der Waals surface area contributed by atoms with E-state index in [0.717, 1.165) is 20.3 Å². The Labute approximate surface area is 192 Å². The number of anilines is 1. The van der Waals surface area contributed by atoms with Crippen LogP contribution in [0.4, 0.5) is 5.69 Å². The Balaban J connectivity index is 1.74. The molecule has 6 nitrogen and oxygen atoms in total. The highest BCUT2D eigenvalue weighted by Crippen LogP contribution is 2.31. The van der Waals surface area contributed by atoms with Crippen molar-refractivity contribution in [2.45, 2.75) is 30.8 Å². The molecule has 1 aliphatic rings. The van der Waals surface area contributed by atoms with E-state index in [-0.39, 0.29) is 17.9 Å². The Hall–Kier alpha value is -3.00. The van der Waals surface area contributed by atoms with Gasteiger partial charge in [-0.2, -0.15) is 4.31 Å². The third-order valence-corrected chi connectivity index (χ3v) is 7.48. The molecule has 1 unspecified atom stereocenters. The second-order valence-corrected chi connectivity index (χ2v) is 9.94. The molecule has 8 heteroatoms. The SMILES string of the molecule is Cc1ccc(CN(C2CC(=O)N(c3ccc(Cl)cc3)C2=O)S(=O)(=O)c2ccccc2)cc1. The maximum Gasteiger partial charge on any atom is 0.252 e. The molecule has 0 aliphatic carbocycles. The van der Waals surface area contributed by atoms with E-state index >= 15 is 0 Å². The zero-order valence-electron chi connectivity index (χ0n) is 17.3. The lowest BCUT2D eigenvalue weighted by molar-refractivity contribution is -0.122. The van der Waals surface area contributed by atoms with Crippen LogP contribution in [0, 0.1) is 6.92 Å². The van der Waals surface area contributed by atoms with E-state index in [1.807, 2.05) is 31.2 Å². The standard InChI is InChI=1S/C24H21ClN2O4S/c1-17-7-9-18(10-8-17)16-26(32(30,31)21-5-3-2-4-6-21)22-15-23(28)27(24(22)29)20-13-11-19(25)12-14-20/h2-14,22H,15-16H2,1H3. The first-order valence-electron chi connectivity index (χ1n) is 10.0. The highest BCUT2D eigenvalue weighted by molar-refractivity contribution is 7.89. The van der Waals surface area contributed by atoms with Gasteiger partial charge in [-0.3, -0.25) is 9.59 Å². The van der Waals surface area contributed by atoms with E-state index in [1.54, 1.807) is 42.5 Å². The fraction of sp³-hybridized carbons (Fsp3) is 0.167. The lowest BCUT2D eigenvalue weighted by atomic mass is 10.1. The fourth-order valence-electron chi connectivity index (χ4n) is 3.67. The predicted octanol–water partition coefficient (Wildman–Crippen LogP) is 4.17. The van der Waals surface area contributed by atoms with Crippen molar-refractivity contribution >= 4 is 39.1 Å². The summed E-state index contributed by atoms with van der Waals surface area (Å²) in [6.45, 7) is 1.90. The number of carbonyl (C=O) groups is 2. The molecule has 0 N–H and O–H groups in total. The van der Waals surface area contributed by atoms with Crippen LogP contribution >= 0.6 is 11.6 Å². The van der Waals surface area contributed by atoms with Gasteiger partial charge in [0.1, 0.15) is 6.04 Å². The second-order valence-electron chi connectivity index (χ2n) is 7.61. The van der Waals surface area contributed by atoms with Crippen molar-refractivity contribution in [2.24, 2.45) is 0 Å². The van der Waals surface area contributed by atoms with Gasteiger partial charge in [-0.1, -0.05) is 59.6 Å². The highest BCUT2D eigenvalue weighted by atomic mass is 35.5. The van der Waals surface area contributed by atoms with Crippen molar-refractivity contribution in [3.05, 3.63) is 95.0 Å². The van der Waals surface area contributed by atoms with Crippen LogP contribution < -0.4 is 4.90 Å². The summed E-state index contributed by atoms with van der Waals surface area (Å²) in [4.78, 5) is 27.2. The molecule has 2 amide bonds. The highest BCUT2D eigenvalue weighted by Gasteiger charge is 2.46. The monoisotopic (exact) mass is 468 g/mol. The summed E-state index contributed by atoms with van der Waals surface area (Å²) in [5, 5.41) is 0.469. The lowest BCUT2D eigenvalue weighted by Gasteiger charge is -2.27. The Bertz CT molecular complexity index is 1240. The normalized spacial score (nSPS) is 16.7. The average molecular weight is 469 g/mol. The molecule has 1 atom stereocenters. The number of amides is 2. The van der Waals surface area contributed by atoms with E-state index in [0.29, 0.717) is 10.7 Å². The Kier molecular flexibility index (Phi) is 6.15. The molecule has 1 aliphatic heterocycles. The maximum absolute atomic E-state index is 13.6. The molecule has 164 valence electrons. The van der Waals surface area contributed by atoms with Crippen LogP contribution in [0.15, 0.2) is 83.8 Å². The number of rotatable bonds is 6. The van der Waals surface area contributed by atoms with Crippen LogP contribution in [0.2, 0.25) is 5.02 Å². The summed E-state index contributed by atoms with van der Waals surface area (Å²) in [6, 6.07) is 20.5. The van der Waals surface area contributed by atoms with Gasteiger partial charge < -0.3 is 0 Å². The number of nitrogens with zero attached hydrogens (tertiary/aromatic N) is 2. The summed E-state index contributed by atoms with van der Waals surface area (Å²) in [5.41, 5.74) is 2.12. The molecule has 0 saturated carbocycles. The summed E-state index contributed by atoms with van der Waals surface area (Å²) in [5.74, 6) is -1.04. The minimum Gasteiger partial charge on any atom is -0.274 e. The molecule has 3 aromatic carbocycles. The van der Waals surface area contributed by atoms with Gasteiger partial charge in [-0.15, -0.1) is 0 Å². The Morgan fingerprint density at radius 2 is 1.56 bits per heavy atom. The quantitative estimate of drug-likeness (QED) is 0.509. The van der Waals surface area contributed by atoms with Crippen molar-refractivity contribution in [3.63, 3.8) is 0 Å². The summed E-state index contributed by atoms with van der Waals surface area (Å²) in [6.07, 6.45) is -0.237. The Morgan fingerprint density at radius 1 is 0.938 bits per heavy atom. The smallest absolute Gasteiger partial charge is 0.252 e. The first-order chi connectivity index (χ1) is 15.3. The van der Waals surface area contributed by atoms with Crippen molar-refractivity contribution in [3.8, 4) is 0 Å². The first kappa shape index (κ1) is 22.2. The molecule has 1 saturated heterocycles. The van der Waals surface area contributed by atoms with Gasteiger partial charge in [0, 0.05) is 11.6 Å². The molecular weight excluding hydrogens is 448 g/mol. The van der Waals surface area contributed by atoms with Gasteiger partial charge in [0.2, 0.25) is 15.9 Å². The number of imide groups is 1. The first-order valence-corrected chi connectivity index (χ1v) is 11.8. The molecule has 1 fully saturated rings. The topological polar surface area (TPSA) is 74.8 Å². The average Bonchev–Trinajstić information content (AvgIpc) is 3.08. The summed E-state index contributed by atoms with van der Waals surface area (Å²) in [7, 11) is -4.05. The third kappa shape index (κ3) is 4.32. The molecule has 0 radical (unpaired) electrons. The van der Waals surface area contributed by atoms with Gasteiger partial charge >= 0.3 is 0 Å². The molecular formula is C24H21ClN2O4S. The van der Waals surface area contributed by atoms with E-state index in [2.05, 4.69) is 0 Å². The molecule has 0 aromatic heterocycles. The fourth-order valence-corrected chi connectivity index (χ4v) is 5.38. The predicted molar refractivity (Wildman–Crippen MR) is 123 cm³/mol. The number of benzene rings is 3. The van der Waals surface area contributed by atoms with Gasteiger partial charge in [-0.05, 0) is 48.9 Å². The number of carbonyl (C=O) groups excluding carboxylic acids is 2. The maximum atomic E-state index is 13.6. The number of aryl methyl sites for hydroxylation is 1.